The lowest BCUT2D eigenvalue weighted by atomic mass is 9.90. The van der Waals surface area contributed by atoms with E-state index in [9.17, 15) is 0 Å². The molecule has 0 amide bonds. The van der Waals surface area contributed by atoms with Crippen molar-refractivity contribution in [1.29, 1.82) is 0 Å². The molecule has 18 heavy (non-hydrogen) atoms. The highest BCUT2D eigenvalue weighted by molar-refractivity contribution is 5.17. The fraction of sp³-hybridized carbons (Fsp3) is 0.667. The zero-order valence-corrected chi connectivity index (χ0v) is 11.7. The van der Waals surface area contributed by atoms with E-state index in [4.69, 9.17) is 4.74 Å². The van der Waals surface area contributed by atoms with E-state index in [1.54, 1.807) is 0 Å². The van der Waals surface area contributed by atoms with Crippen LogP contribution in [0.1, 0.15) is 39.3 Å². The molecule has 1 fully saturated rings. The highest BCUT2D eigenvalue weighted by Crippen LogP contribution is 2.21. The molecule has 3 heteroatoms. The van der Waals surface area contributed by atoms with E-state index in [0.717, 1.165) is 43.9 Å². The molecule has 0 bridgehead atoms. The van der Waals surface area contributed by atoms with E-state index >= 15 is 0 Å². The molecular formula is C15H24N2O. The van der Waals surface area contributed by atoms with Gasteiger partial charge in [-0.15, -0.1) is 0 Å². The summed E-state index contributed by atoms with van der Waals surface area (Å²) in [5.41, 5.74) is 1.38. The molecular weight excluding hydrogens is 224 g/mol. The first-order valence-corrected chi connectivity index (χ1v) is 6.86. The number of rotatable bonds is 3. The van der Waals surface area contributed by atoms with Gasteiger partial charge in [-0.2, -0.15) is 0 Å². The van der Waals surface area contributed by atoms with Crippen LogP contribution in [0.2, 0.25) is 0 Å². The Morgan fingerprint density at radius 2 is 2.00 bits per heavy atom. The van der Waals surface area contributed by atoms with E-state index in [-0.39, 0.29) is 5.41 Å². The second-order valence-electron chi connectivity index (χ2n) is 6.27. The topological polar surface area (TPSA) is 34.1 Å². The van der Waals surface area contributed by atoms with E-state index in [1.165, 1.54) is 0 Å². The van der Waals surface area contributed by atoms with Gasteiger partial charge in [0.25, 0.3) is 0 Å². The molecule has 1 aliphatic heterocycles. The summed E-state index contributed by atoms with van der Waals surface area (Å²) in [5, 5.41) is 3.34. The third kappa shape index (κ3) is 4.30. The van der Waals surface area contributed by atoms with Crippen LogP contribution in [0, 0.1) is 5.41 Å². The van der Waals surface area contributed by atoms with E-state index in [0.29, 0.717) is 6.10 Å². The smallest absolute Gasteiger partial charge is 0.213 e. The average Bonchev–Trinajstić information content (AvgIpc) is 2.28. The molecule has 1 aromatic rings. The molecule has 100 valence electrons. The molecule has 3 nitrogen and oxygen atoms in total. The normalized spacial score (nSPS) is 17.7. The number of piperidine rings is 1. The first kappa shape index (κ1) is 13.3. The van der Waals surface area contributed by atoms with Crippen LogP contribution >= 0.6 is 0 Å². The first-order valence-electron chi connectivity index (χ1n) is 6.86. The Kier molecular flexibility index (Phi) is 4.23. The Labute approximate surface area is 110 Å². The lowest BCUT2D eigenvalue weighted by Gasteiger charge is -2.24. The van der Waals surface area contributed by atoms with E-state index in [1.807, 2.05) is 12.1 Å². The lowest BCUT2D eigenvalue weighted by molar-refractivity contribution is 0.155. The number of nitrogens with one attached hydrogen (secondary N) is 1. The SMILES string of the molecule is CC(C)(C)Cc1cccc(OC2CCNCC2)n1. The van der Waals surface area contributed by atoms with Crippen LogP contribution in [-0.2, 0) is 6.42 Å². The molecule has 1 N–H and O–H groups in total. The highest BCUT2D eigenvalue weighted by Gasteiger charge is 2.16. The number of hydrogen-bond acceptors (Lipinski definition) is 3. The summed E-state index contributed by atoms with van der Waals surface area (Å²) >= 11 is 0. The Bertz CT molecular complexity index is 378. The van der Waals surface area contributed by atoms with Gasteiger partial charge in [0.15, 0.2) is 0 Å². The van der Waals surface area contributed by atoms with Gasteiger partial charge in [-0.3, -0.25) is 0 Å². The molecule has 1 saturated heterocycles. The molecule has 0 atom stereocenters. The molecule has 0 saturated carbocycles. The van der Waals surface area contributed by atoms with Crippen molar-refractivity contribution in [1.82, 2.24) is 10.3 Å². The van der Waals surface area contributed by atoms with Crippen molar-refractivity contribution in [2.75, 3.05) is 13.1 Å². The monoisotopic (exact) mass is 248 g/mol. The molecule has 2 rings (SSSR count). The number of hydrogen-bond donors (Lipinski definition) is 1. The third-order valence-electron chi connectivity index (χ3n) is 3.07. The van der Waals surface area contributed by atoms with Gasteiger partial charge < -0.3 is 10.1 Å². The summed E-state index contributed by atoms with van der Waals surface area (Å²) in [6.07, 6.45) is 3.45. The van der Waals surface area contributed by atoms with Crippen molar-refractivity contribution < 1.29 is 4.74 Å². The predicted molar refractivity (Wildman–Crippen MR) is 73.9 cm³/mol. The first-order chi connectivity index (χ1) is 8.53. The summed E-state index contributed by atoms with van der Waals surface area (Å²) in [4.78, 5) is 4.61. The maximum absolute atomic E-state index is 5.96. The molecule has 1 aliphatic rings. The van der Waals surface area contributed by atoms with Gasteiger partial charge in [0, 0.05) is 11.8 Å². The molecule has 0 radical (unpaired) electrons. The lowest BCUT2D eigenvalue weighted by Crippen LogP contribution is -2.34. The number of ether oxygens (including phenoxy) is 1. The largest absolute Gasteiger partial charge is 0.474 e. The van der Waals surface area contributed by atoms with Gasteiger partial charge in [-0.1, -0.05) is 26.8 Å². The molecule has 0 spiro atoms. The number of pyridine rings is 1. The van der Waals surface area contributed by atoms with Crippen LogP contribution < -0.4 is 10.1 Å². The van der Waals surface area contributed by atoms with Gasteiger partial charge in [0.1, 0.15) is 6.10 Å². The minimum atomic E-state index is 0.264. The molecule has 0 aromatic carbocycles. The summed E-state index contributed by atoms with van der Waals surface area (Å²) in [7, 11) is 0. The molecule has 0 aliphatic carbocycles. The zero-order valence-electron chi connectivity index (χ0n) is 11.7. The zero-order chi connectivity index (χ0) is 13.0. The maximum Gasteiger partial charge on any atom is 0.213 e. The van der Waals surface area contributed by atoms with Crippen LogP contribution in [0.4, 0.5) is 0 Å². The van der Waals surface area contributed by atoms with Crippen molar-refractivity contribution in [3.8, 4) is 5.88 Å². The molecule has 2 heterocycles. The van der Waals surface area contributed by atoms with Crippen molar-refractivity contribution in [3.05, 3.63) is 23.9 Å². The average molecular weight is 248 g/mol. The van der Waals surface area contributed by atoms with Crippen LogP contribution in [-0.4, -0.2) is 24.2 Å². The fourth-order valence-corrected chi connectivity index (χ4v) is 2.25. The van der Waals surface area contributed by atoms with Crippen molar-refractivity contribution in [2.45, 2.75) is 46.1 Å². The van der Waals surface area contributed by atoms with Crippen LogP contribution in [0.5, 0.6) is 5.88 Å². The molecule has 1 aromatic heterocycles. The van der Waals surface area contributed by atoms with Gasteiger partial charge in [-0.05, 0) is 43.8 Å². The second kappa shape index (κ2) is 5.70. The van der Waals surface area contributed by atoms with Crippen LogP contribution in [0.15, 0.2) is 18.2 Å². The van der Waals surface area contributed by atoms with Crippen LogP contribution in [0.3, 0.4) is 0 Å². The minimum Gasteiger partial charge on any atom is -0.474 e. The summed E-state index contributed by atoms with van der Waals surface area (Å²) in [6.45, 7) is 8.79. The van der Waals surface area contributed by atoms with Gasteiger partial charge >= 0.3 is 0 Å². The van der Waals surface area contributed by atoms with Gasteiger partial charge in [0.2, 0.25) is 5.88 Å². The molecule has 0 unspecified atom stereocenters. The van der Waals surface area contributed by atoms with Gasteiger partial charge in [-0.25, -0.2) is 4.98 Å². The summed E-state index contributed by atoms with van der Waals surface area (Å²) < 4.78 is 5.96. The summed E-state index contributed by atoms with van der Waals surface area (Å²) in [5.74, 6) is 0.781. The Morgan fingerprint density at radius 1 is 1.28 bits per heavy atom. The Balaban J connectivity index is 1.98. The fourth-order valence-electron chi connectivity index (χ4n) is 2.25. The maximum atomic E-state index is 5.96. The third-order valence-corrected chi connectivity index (χ3v) is 3.07. The number of aromatic nitrogens is 1. The van der Waals surface area contributed by atoms with Gasteiger partial charge in [0.05, 0.1) is 0 Å². The highest BCUT2D eigenvalue weighted by atomic mass is 16.5. The Hall–Kier alpha value is -1.09. The summed E-state index contributed by atoms with van der Waals surface area (Å²) in [6, 6.07) is 6.10. The predicted octanol–water partition coefficient (Wildman–Crippen LogP) is 2.80. The van der Waals surface area contributed by atoms with Crippen molar-refractivity contribution in [3.63, 3.8) is 0 Å². The van der Waals surface area contributed by atoms with E-state index < -0.39 is 0 Å². The van der Waals surface area contributed by atoms with Crippen molar-refractivity contribution in [2.24, 2.45) is 5.41 Å². The van der Waals surface area contributed by atoms with Crippen LogP contribution in [0.25, 0.3) is 0 Å². The second-order valence-corrected chi connectivity index (χ2v) is 6.27. The number of nitrogens with zero attached hydrogens (tertiary/aromatic N) is 1. The standard InChI is InChI=1S/C15H24N2O/c1-15(2,3)11-12-5-4-6-14(17-12)18-13-7-9-16-10-8-13/h4-6,13,16H,7-11H2,1-3H3. The minimum absolute atomic E-state index is 0.264. The van der Waals surface area contributed by atoms with E-state index in [2.05, 4.69) is 37.1 Å². The Morgan fingerprint density at radius 3 is 2.67 bits per heavy atom. The van der Waals surface area contributed by atoms with Crippen molar-refractivity contribution >= 4 is 0 Å². The quantitative estimate of drug-likeness (QED) is 0.893.